The standard InChI is InChI=1S/C23H38N4OS.HI/c1-5-24-23(26-19-10-13-21(15-19)29-4)25-16-18-7-6-14-27(2)22(18)17-8-11-20(28-3)12-9-17;/h8-9,11-12,18-19,21-22H,5-7,10,13-16H2,1-4H3,(H2,24,25,26);1H. The second-order valence-corrected chi connectivity index (χ2v) is 9.47. The molecular weight excluding hydrogens is 507 g/mol. The first-order valence-corrected chi connectivity index (χ1v) is 12.3. The Morgan fingerprint density at radius 1 is 1.23 bits per heavy atom. The molecule has 2 aliphatic rings. The Morgan fingerprint density at radius 3 is 2.63 bits per heavy atom. The fourth-order valence-corrected chi connectivity index (χ4v) is 5.58. The number of aliphatic imine (C=N–C) groups is 1. The predicted octanol–water partition coefficient (Wildman–Crippen LogP) is 4.54. The highest BCUT2D eigenvalue weighted by molar-refractivity contribution is 14.0. The van der Waals surface area contributed by atoms with Crippen LogP contribution in [0.2, 0.25) is 0 Å². The van der Waals surface area contributed by atoms with Crippen LogP contribution in [0.3, 0.4) is 0 Å². The van der Waals surface area contributed by atoms with E-state index in [2.05, 4.69) is 60.0 Å². The summed E-state index contributed by atoms with van der Waals surface area (Å²) in [6, 6.07) is 9.54. The first-order valence-electron chi connectivity index (χ1n) is 11.1. The van der Waals surface area contributed by atoms with E-state index < -0.39 is 0 Å². The molecule has 1 aromatic rings. The maximum Gasteiger partial charge on any atom is 0.191 e. The van der Waals surface area contributed by atoms with Crippen molar-refractivity contribution in [1.29, 1.82) is 0 Å². The molecule has 1 aliphatic carbocycles. The molecule has 2 N–H and O–H groups in total. The number of rotatable bonds is 7. The zero-order chi connectivity index (χ0) is 20.6. The van der Waals surface area contributed by atoms with Crippen LogP contribution in [0.15, 0.2) is 29.3 Å². The lowest BCUT2D eigenvalue weighted by atomic mass is 9.85. The highest BCUT2D eigenvalue weighted by Gasteiger charge is 2.31. The molecule has 7 heteroatoms. The van der Waals surface area contributed by atoms with Crippen molar-refractivity contribution in [2.24, 2.45) is 10.9 Å². The van der Waals surface area contributed by atoms with Crippen molar-refractivity contribution in [3.05, 3.63) is 29.8 Å². The van der Waals surface area contributed by atoms with Gasteiger partial charge in [-0.05, 0) is 82.5 Å². The van der Waals surface area contributed by atoms with Crippen LogP contribution in [0.1, 0.15) is 50.6 Å². The van der Waals surface area contributed by atoms with Crippen LogP contribution in [0.4, 0.5) is 0 Å². The third kappa shape index (κ3) is 6.92. The number of piperidine rings is 1. The highest BCUT2D eigenvalue weighted by Crippen LogP contribution is 2.36. The molecule has 0 spiro atoms. The van der Waals surface area contributed by atoms with Crippen molar-refractivity contribution >= 4 is 41.7 Å². The van der Waals surface area contributed by atoms with E-state index in [0.29, 0.717) is 18.0 Å². The van der Waals surface area contributed by atoms with Crippen molar-refractivity contribution in [2.45, 2.75) is 56.4 Å². The van der Waals surface area contributed by atoms with Crippen LogP contribution in [0, 0.1) is 5.92 Å². The number of ether oxygens (including phenoxy) is 1. The average molecular weight is 547 g/mol. The van der Waals surface area contributed by atoms with Gasteiger partial charge >= 0.3 is 0 Å². The fraction of sp³-hybridized carbons (Fsp3) is 0.696. The van der Waals surface area contributed by atoms with Crippen molar-refractivity contribution in [1.82, 2.24) is 15.5 Å². The first kappa shape index (κ1) is 25.6. The molecule has 1 aromatic carbocycles. The van der Waals surface area contributed by atoms with Crippen LogP contribution in [-0.4, -0.2) is 62.2 Å². The average Bonchev–Trinajstić information content (AvgIpc) is 3.20. The summed E-state index contributed by atoms with van der Waals surface area (Å²) in [5, 5.41) is 7.96. The molecule has 170 valence electrons. The van der Waals surface area contributed by atoms with Gasteiger partial charge in [0.1, 0.15) is 5.75 Å². The molecule has 2 fully saturated rings. The molecule has 5 nitrogen and oxygen atoms in total. The Balaban J connectivity index is 0.00000320. The van der Waals surface area contributed by atoms with E-state index in [1.54, 1.807) is 7.11 Å². The summed E-state index contributed by atoms with van der Waals surface area (Å²) in [6.45, 7) is 5.05. The Kier molecular flexibility index (Phi) is 11.1. The van der Waals surface area contributed by atoms with E-state index in [1.165, 1.54) is 37.7 Å². The number of likely N-dealkylation sites (tertiary alicyclic amines) is 1. The minimum atomic E-state index is 0. The highest BCUT2D eigenvalue weighted by atomic mass is 127. The van der Waals surface area contributed by atoms with Gasteiger partial charge in [-0.25, -0.2) is 0 Å². The smallest absolute Gasteiger partial charge is 0.191 e. The second-order valence-electron chi connectivity index (χ2n) is 8.33. The van der Waals surface area contributed by atoms with E-state index in [-0.39, 0.29) is 24.0 Å². The quantitative estimate of drug-likeness (QED) is 0.299. The number of thioether (sulfide) groups is 1. The zero-order valence-corrected chi connectivity index (χ0v) is 22.0. The summed E-state index contributed by atoms with van der Waals surface area (Å²) in [5.74, 6) is 2.43. The summed E-state index contributed by atoms with van der Waals surface area (Å²) < 4.78 is 5.34. The molecule has 1 heterocycles. The van der Waals surface area contributed by atoms with Gasteiger partial charge in [0.05, 0.1) is 7.11 Å². The summed E-state index contributed by atoms with van der Waals surface area (Å²) >= 11 is 2.00. The van der Waals surface area contributed by atoms with E-state index >= 15 is 0 Å². The minimum Gasteiger partial charge on any atom is -0.497 e. The van der Waals surface area contributed by atoms with Gasteiger partial charge in [0.2, 0.25) is 0 Å². The molecule has 1 aliphatic heterocycles. The van der Waals surface area contributed by atoms with Crippen molar-refractivity contribution in [2.75, 3.05) is 40.0 Å². The lowest BCUT2D eigenvalue weighted by molar-refractivity contribution is 0.125. The van der Waals surface area contributed by atoms with Crippen molar-refractivity contribution in [3.63, 3.8) is 0 Å². The van der Waals surface area contributed by atoms with Gasteiger partial charge in [-0.3, -0.25) is 9.89 Å². The number of nitrogens with one attached hydrogen (secondary N) is 2. The number of methoxy groups -OCH3 is 1. The molecular formula is C23H39IN4OS. The maximum absolute atomic E-state index is 5.34. The van der Waals surface area contributed by atoms with Gasteiger partial charge in [-0.15, -0.1) is 24.0 Å². The maximum atomic E-state index is 5.34. The number of hydrogen-bond acceptors (Lipinski definition) is 4. The zero-order valence-electron chi connectivity index (χ0n) is 18.9. The molecule has 1 saturated carbocycles. The van der Waals surface area contributed by atoms with E-state index in [1.807, 2.05) is 11.8 Å². The number of nitrogens with zero attached hydrogens (tertiary/aromatic N) is 2. The summed E-state index contributed by atoms with van der Waals surface area (Å²) in [6.07, 6.45) is 8.49. The third-order valence-electron chi connectivity index (χ3n) is 6.35. The molecule has 4 atom stereocenters. The van der Waals surface area contributed by atoms with E-state index in [9.17, 15) is 0 Å². The van der Waals surface area contributed by atoms with Crippen LogP contribution >= 0.6 is 35.7 Å². The fourth-order valence-electron chi connectivity index (χ4n) is 4.79. The van der Waals surface area contributed by atoms with Gasteiger partial charge in [-0.1, -0.05) is 12.1 Å². The molecule has 0 amide bonds. The summed E-state index contributed by atoms with van der Waals surface area (Å²) in [7, 11) is 3.97. The Labute approximate surface area is 204 Å². The normalized spacial score (nSPS) is 27.4. The SMILES string of the molecule is CCNC(=NCC1CCCN(C)C1c1ccc(OC)cc1)NC1CCC(SC)C1.I. The second kappa shape index (κ2) is 13.0. The summed E-state index contributed by atoms with van der Waals surface area (Å²) in [4.78, 5) is 7.52. The molecule has 30 heavy (non-hydrogen) atoms. The number of guanidine groups is 1. The van der Waals surface area contributed by atoms with Gasteiger partial charge < -0.3 is 15.4 Å². The topological polar surface area (TPSA) is 48.9 Å². The third-order valence-corrected chi connectivity index (χ3v) is 7.45. The number of hydrogen-bond donors (Lipinski definition) is 2. The summed E-state index contributed by atoms with van der Waals surface area (Å²) in [5.41, 5.74) is 1.37. The predicted molar refractivity (Wildman–Crippen MR) is 141 cm³/mol. The first-order chi connectivity index (χ1) is 14.1. The van der Waals surface area contributed by atoms with Crippen LogP contribution < -0.4 is 15.4 Å². The molecule has 1 saturated heterocycles. The minimum absolute atomic E-state index is 0. The molecule has 3 rings (SSSR count). The lowest BCUT2D eigenvalue weighted by Gasteiger charge is -2.39. The lowest BCUT2D eigenvalue weighted by Crippen LogP contribution is -2.43. The molecule has 4 unspecified atom stereocenters. The van der Waals surface area contributed by atoms with E-state index in [0.717, 1.165) is 36.6 Å². The van der Waals surface area contributed by atoms with Gasteiger partial charge in [0.25, 0.3) is 0 Å². The van der Waals surface area contributed by atoms with Crippen LogP contribution in [0.25, 0.3) is 0 Å². The Morgan fingerprint density at radius 2 is 2.00 bits per heavy atom. The van der Waals surface area contributed by atoms with Gasteiger partial charge in [0.15, 0.2) is 5.96 Å². The molecule has 0 bridgehead atoms. The molecule has 0 radical (unpaired) electrons. The molecule has 0 aromatic heterocycles. The monoisotopic (exact) mass is 546 g/mol. The van der Waals surface area contributed by atoms with Gasteiger partial charge in [-0.2, -0.15) is 11.8 Å². The largest absolute Gasteiger partial charge is 0.497 e. The van der Waals surface area contributed by atoms with Crippen LogP contribution in [0.5, 0.6) is 5.75 Å². The number of benzene rings is 1. The Bertz CT molecular complexity index is 657. The van der Waals surface area contributed by atoms with E-state index in [4.69, 9.17) is 9.73 Å². The van der Waals surface area contributed by atoms with Crippen molar-refractivity contribution in [3.8, 4) is 5.75 Å². The van der Waals surface area contributed by atoms with Crippen LogP contribution in [-0.2, 0) is 0 Å². The van der Waals surface area contributed by atoms with Gasteiger partial charge in [0, 0.05) is 30.4 Å². The Hall–Kier alpha value is -0.670. The number of halogens is 1. The van der Waals surface area contributed by atoms with Crippen molar-refractivity contribution < 1.29 is 4.74 Å².